The van der Waals surface area contributed by atoms with Crippen molar-refractivity contribution in [3.05, 3.63) is 24.9 Å². The largest absolute Gasteiger partial charge is 0.472 e. The van der Waals surface area contributed by atoms with E-state index in [-0.39, 0.29) is 12.2 Å². The fraction of sp³-hybridized carbons (Fsp3) is 0.300. The number of rotatable bonds is 1. The van der Waals surface area contributed by atoms with Crippen molar-refractivity contribution in [1.82, 2.24) is 19.5 Å². The van der Waals surface area contributed by atoms with Gasteiger partial charge in [0.2, 0.25) is 5.95 Å². The van der Waals surface area contributed by atoms with Gasteiger partial charge in [0.15, 0.2) is 11.9 Å². The van der Waals surface area contributed by atoms with Gasteiger partial charge in [-0.3, -0.25) is 4.57 Å². The SMILES string of the molecule is C=C1O[C@@H](n2cnc3cnc(N)nc32)C[C@@H]1O. The van der Waals surface area contributed by atoms with Crippen LogP contribution in [0.25, 0.3) is 11.2 Å². The highest BCUT2D eigenvalue weighted by Crippen LogP contribution is 2.31. The average Bonchev–Trinajstić information content (AvgIpc) is 2.83. The molecule has 0 spiro atoms. The zero-order valence-electron chi connectivity index (χ0n) is 8.95. The minimum atomic E-state index is -0.656. The van der Waals surface area contributed by atoms with Gasteiger partial charge in [-0.25, -0.2) is 9.97 Å². The third-order valence-electron chi connectivity index (χ3n) is 2.73. The average molecular weight is 233 g/mol. The number of anilines is 1. The zero-order chi connectivity index (χ0) is 12.0. The maximum atomic E-state index is 9.58. The molecule has 3 N–H and O–H groups in total. The molecule has 0 unspecified atom stereocenters. The number of nitrogen functional groups attached to an aromatic ring is 1. The van der Waals surface area contributed by atoms with Gasteiger partial charge in [0, 0.05) is 6.42 Å². The molecule has 1 aliphatic heterocycles. The molecule has 88 valence electrons. The molecule has 0 aliphatic carbocycles. The molecule has 2 atom stereocenters. The number of ether oxygens (including phenoxy) is 1. The molecule has 0 bridgehead atoms. The van der Waals surface area contributed by atoms with E-state index in [0.717, 1.165) is 0 Å². The highest BCUT2D eigenvalue weighted by molar-refractivity contribution is 5.70. The molecule has 1 fully saturated rings. The van der Waals surface area contributed by atoms with Gasteiger partial charge in [-0.1, -0.05) is 6.58 Å². The molecule has 1 aliphatic rings. The molecule has 1 saturated heterocycles. The summed E-state index contributed by atoms with van der Waals surface area (Å²) in [6, 6.07) is 0. The zero-order valence-corrected chi connectivity index (χ0v) is 8.95. The number of nitrogens with zero attached hydrogens (tertiary/aromatic N) is 4. The molecule has 7 nitrogen and oxygen atoms in total. The summed E-state index contributed by atoms with van der Waals surface area (Å²) < 4.78 is 7.16. The Bertz CT molecular complexity index is 593. The van der Waals surface area contributed by atoms with Crippen LogP contribution in [-0.2, 0) is 4.74 Å². The Kier molecular flexibility index (Phi) is 2.02. The lowest BCUT2D eigenvalue weighted by atomic mass is 10.2. The third kappa shape index (κ3) is 1.51. The number of hydrogen-bond donors (Lipinski definition) is 2. The highest BCUT2D eigenvalue weighted by Gasteiger charge is 2.30. The second-order valence-corrected chi connectivity index (χ2v) is 3.88. The van der Waals surface area contributed by atoms with Crippen molar-refractivity contribution in [3.8, 4) is 0 Å². The van der Waals surface area contributed by atoms with Gasteiger partial charge in [-0.05, 0) is 0 Å². The molecule has 3 heterocycles. The molecule has 0 aromatic carbocycles. The molecule has 0 radical (unpaired) electrons. The van der Waals surface area contributed by atoms with Crippen molar-refractivity contribution >= 4 is 17.1 Å². The van der Waals surface area contributed by atoms with E-state index in [1.54, 1.807) is 17.1 Å². The second-order valence-electron chi connectivity index (χ2n) is 3.88. The van der Waals surface area contributed by atoms with Gasteiger partial charge in [0.05, 0.1) is 6.20 Å². The predicted octanol–water partition coefficient (Wildman–Crippen LogP) is 0.202. The maximum absolute atomic E-state index is 9.58. The first kappa shape index (κ1) is 10.0. The topological polar surface area (TPSA) is 99.1 Å². The van der Waals surface area contributed by atoms with E-state index in [9.17, 15) is 5.11 Å². The van der Waals surface area contributed by atoms with Crippen LogP contribution in [0.5, 0.6) is 0 Å². The molecular formula is C10H11N5O2. The molecule has 0 amide bonds. The molecule has 2 aromatic rings. The number of nitrogens with two attached hydrogens (primary N) is 1. The van der Waals surface area contributed by atoms with Crippen LogP contribution >= 0.6 is 0 Å². The minimum Gasteiger partial charge on any atom is -0.472 e. The van der Waals surface area contributed by atoms with E-state index >= 15 is 0 Å². The van der Waals surface area contributed by atoms with Gasteiger partial charge < -0.3 is 15.6 Å². The van der Waals surface area contributed by atoms with Crippen LogP contribution in [0.2, 0.25) is 0 Å². The first-order valence-electron chi connectivity index (χ1n) is 5.13. The number of aromatic nitrogens is 4. The quantitative estimate of drug-likeness (QED) is 0.730. The van der Waals surface area contributed by atoms with Crippen LogP contribution in [0.4, 0.5) is 5.95 Å². The summed E-state index contributed by atoms with van der Waals surface area (Å²) in [6.45, 7) is 3.63. The van der Waals surface area contributed by atoms with Gasteiger partial charge in [0.25, 0.3) is 0 Å². The molecule has 2 aromatic heterocycles. The number of hydrogen-bond acceptors (Lipinski definition) is 6. The monoisotopic (exact) mass is 233 g/mol. The summed E-state index contributed by atoms with van der Waals surface area (Å²) in [4.78, 5) is 12.1. The smallest absolute Gasteiger partial charge is 0.222 e. The normalized spacial score (nSPS) is 24.2. The second kappa shape index (κ2) is 3.42. The Hall–Kier alpha value is -2.15. The summed E-state index contributed by atoms with van der Waals surface area (Å²) in [5.41, 5.74) is 6.76. The minimum absolute atomic E-state index is 0.177. The third-order valence-corrected chi connectivity index (χ3v) is 2.73. The van der Waals surface area contributed by atoms with Crippen molar-refractivity contribution in [2.75, 3.05) is 5.73 Å². The first-order chi connectivity index (χ1) is 8.15. The van der Waals surface area contributed by atoms with E-state index in [1.165, 1.54) is 0 Å². The van der Waals surface area contributed by atoms with Crippen molar-refractivity contribution in [3.63, 3.8) is 0 Å². The maximum Gasteiger partial charge on any atom is 0.222 e. The number of aliphatic hydroxyl groups is 1. The summed E-state index contributed by atoms with van der Waals surface area (Å²) in [6.07, 6.45) is 2.56. The van der Waals surface area contributed by atoms with E-state index in [4.69, 9.17) is 10.5 Å². The summed E-state index contributed by atoms with van der Waals surface area (Å²) >= 11 is 0. The lowest BCUT2D eigenvalue weighted by Crippen LogP contribution is -2.08. The van der Waals surface area contributed by atoms with Gasteiger partial charge in [-0.2, -0.15) is 4.98 Å². The summed E-state index contributed by atoms with van der Waals surface area (Å²) in [5, 5.41) is 9.58. The van der Waals surface area contributed by atoms with E-state index in [0.29, 0.717) is 23.3 Å². The van der Waals surface area contributed by atoms with Crippen molar-refractivity contribution < 1.29 is 9.84 Å². The Morgan fingerprint density at radius 2 is 2.35 bits per heavy atom. The van der Waals surface area contributed by atoms with Crippen LogP contribution in [0, 0.1) is 0 Å². The van der Waals surface area contributed by atoms with E-state index < -0.39 is 6.10 Å². The Morgan fingerprint density at radius 1 is 1.53 bits per heavy atom. The molecule has 3 rings (SSSR count). The highest BCUT2D eigenvalue weighted by atomic mass is 16.5. The Morgan fingerprint density at radius 3 is 3.06 bits per heavy atom. The van der Waals surface area contributed by atoms with Crippen LogP contribution < -0.4 is 5.73 Å². The lowest BCUT2D eigenvalue weighted by molar-refractivity contribution is 0.101. The van der Waals surface area contributed by atoms with E-state index in [1.807, 2.05) is 0 Å². The van der Waals surface area contributed by atoms with Crippen LogP contribution in [0.15, 0.2) is 24.9 Å². The summed E-state index contributed by atoms with van der Waals surface area (Å²) in [7, 11) is 0. The molecule has 17 heavy (non-hydrogen) atoms. The Labute approximate surface area is 96.6 Å². The van der Waals surface area contributed by atoms with Gasteiger partial charge in [-0.15, -0.1) is 0 Å². The van der Waals surface area contributed by atoms with Crippen molar-refractivity contribution in [1.29, 1.82) is 0 Å². The molecular weight excluding hydrogens is 222 g/mol. The first-order valence-corrected chi connectivity index (χ1v) is 5.13. The number of imidazole rings is 1. The van der Waals surface area contributed by atoms with E-state index in [2.05, 4.69) is 21.5 Å². The number of aliphatic hydroxyl groups excluding tert-OH is 1. The van der Waals surface area contributed by atoms with Crippen LogP contribution in [0.1, 0.15) is 12.6 Å². The van der Waals surface area contributed by atoms with Gasteiger partial charge in [0.1, 0.15) is 23.7 Å². The standard InChI is InChI=1S/C10H11N5O2/c1-5-7(16)2-8(17-5)15-4-13-6-3-12-10(11)14-9(6)15/h3-4,7-8,16H,1-2H2,(H2,11,12,14)/t7-,8+/m0/s1. The number of fused-ring (bicyclic) bond motifs is 1. The lowest BCUT2D eigenvalue weighted by Gasteiger charge is -2.11. The summed E-state index contributed by atoms with van der Waals surface area (Å²) in [5.74, 6) is 0.538. The van der Waals surface area contributed by atoms with Gasteiger partial charge >= 0.3 is 0 Å². The predicted molar refractivity (Wildman–Crippen MR) is 59.6 cm³/mol. The van der Waals surface area contributed by atoms with Crippen molar-refractivity contribution in [2.24, 2.45) is 0 Å². The fourth-order valence-electron chi connectivity index (χ4n) is 1.84. The van der Waals surface area contributed by atoms with Crippen LogP contribution in [-0.4, -0.2) is 30.7 Å². The Balaban J connectivity index is 2.06. The van der Waals surface area contributed by atoms with Crippen molar-refractivity contribution in [2.45, 2.75) is 18.8 Å². The van der Waals surface area contributed by atoms with Crippen LogP contribution in [0.3, 0.4) is 0 Å². The molecule has 0 saturated carbocycles. The fourth-order valence-corrected chi connectivity index (χ4v) is 1.84. The molecule has 7 heteroatoms.